The maximum atomic E-state index is 13.2. The Labute approximate surface area is 98.2 Å². The highest BCUT2D eigenvalue weighted by Crippen LogP contribution is 2.32. The maximum Gasteiger partial charge on any atom is 0.239 e. The van der Waals surface area contributed by atoms with E-state index in [-0.39, 0.29) is 17.5 Å². The zero-order valence-corrected chi connectivity index (χ0v) is 9.54. The molecule has 0 aliphatic heterocycles. The van der Waals surface area contributed by atoms with Crippen LogP contribution in [0.1, 0.15) is 26.2 Å². The van der Waals surface area contributed by atoms with Gasteiger partial charge in [0.05, 0.1) is 5.69 Å². The van der Waals surface area contributed by atoms with E-state index in [2.05, 4.69) is 10.3 Å². The van der Waals surface area contributed by atoms with Gasteiger partial charge < -0.3 is 5.32 Å². The van der Waals surface area contributed by atoms with Gasteiger partial charge in [0.15, 0.2) is 0 Å². The zero-order chi connectivity index (χ0) is 12.4. The summed E-state index contributed by atoms with van der Waals surface area (Å²) in [4.78, 5) is 14.9. The van der Waals surface area contributed by atoms with E-state index < -0.39 is 11.9 Å². The largest absolute Gasteiger partial charge is 0.322 e. The van der Waals surface area contributed by atoms with Crippen molar-refractivity contribution in [2.75, 3.05) is 5.32 Å². The minimum atomic E-state index is -0.982. The second kappa shape index (κ2) is 4.77. The van der Waals surface area contributed by atoms with Gasteiger partial charge >= 0.3 is 0 Å². The van der Waals surface area contributed by atoms with Crippen LogP contribution in [0, 0.1) is 23.7 Å². The number of carbonyl (C=O) groups excluding carboxylic acids is 1. The Morgan fingerprint density at radius 3 is 2.76 bits per heavy atom. The number of pyridine rings is 1. The lowest BCUT2D eigenvalue weighted by Gasteiger charge is -2.15. The molecule has 1 aliphatic rings. The minimum absolute atomic E-state index is 0.0597. The quantitative estimate of drug-likeness (QED) is 0.807. The predicted molar refractivity (Wildman–Crippen MR) is 59.3 cm³/mol. The highest BCUT2D eigenvalue weighted by Gasteiger charge is 2.30. The van der Waals surface area contributed by atoms with E-state index >= 15 is 0 Å². The topological polar surface area (TPSA) is 42.0 Å². The molecule has 0 saturated heterocycles. The molecule has 1 N–H and O–H groups in total. The molecule has 1 aromatic heterocycles. The van der Waals surface area contributed by atoms with Gasteiger partial charge in [-0.25, -0.2) is 0 Å². The van der Waals surface area contributed by atoms with Crippen LogP contribution in [0.4, 0.5) is 14.5 Å². The first-order valence-corrected chi connectivity index (χ1v) is 5.71. The van der Waals surface area contributed by atoms with Crippen molar-refractivity contribution < 1.29 is 13.6 Å². The summed E-state index contributed by atoms with van der Waals surface area (Å²) >= 11 is 0. The van der Waals surface area contributed by atoms with Crippen LogP contribution in [0.15, 0.2) is 12.1 Å². The van der Waals surface area contributed by atoms with Crippen LogP contribution in [-0.2, 0) is 4.79 Å². The first kappa shape index (κ1) is 12.0. The van der Waals surface area contributed by atoms with E-state index in [0.29, 0.717) is 5.92 Å². The molecule has 1 amide bonds. The molecule has 0 bridgehead atoms. The van der Waals surface area contributed by atoms with Crippen LogP contribution >= 0.6 is 0 Å². The minimum Gasteiger partial charge on any atom is -0.322 e. The van der Waals surface area contributed by atoms with E-state index in [1.165, 1.54) is 6.07 Å². The van der Waals surface area contributed by atoms with E-state index in [9.17, 15) is 13.6 Å². The van der Waals surface area contributed by atoms with Crippen LogP contribution in [-0.4, -0.2) is 10.9 Å². The van der Waals surface area contributed by atoms with Gasteiger partial charge in [-0.2, -0.15) is 13.8 Å². The maximum absolute atomic E-state index is 13.2. The predicted octanol–water partition coefficient (Wildman–Crippen LogP) is 2.73. The van der Waals surface area contributed by atoms with E-state index in [1.54, 1.807) is 0 Å². The Hall–Kier alpha value is -1.52. The second-order valence-electron chi connectivity index (χ2n) is 4.48. The number of nitrogens with zero attached hydrogens (tertiary/aromatic N) is 1. The molecule has 1 aromatic rings. The summed E-state index contributed by atoms with van der Waals surface area (Å²) in [5.41, 5.74) is -0.0597. The van der Waals surface area contributed by atoms with Crippen molar-refractivity contribution in [3.8, 4) is 0 Å². The highest BCUT2D eigenvalue weighted by molar-refractivity contribution is 5.92. The van der Waals surface area contributed by atoms with Crippen LogP contribution in [0.25, 0.3) is 0 Å². The molecule has 3 nitrogen and oxygen atoms in total. The molecule has 1 aliphatic carbocycles. The normalized spacial score (nSPS) is 23.7. The SMILES string of the molecule is CC1CCCC1C(=O)Nc1ccc(F)nc1F. The smallest absolute Gasteiger partial charge is 0.239 e. The van der Waals surface area contributed by atoms with Gasteiger partial charge in [-0.1, -0.05) is 13.3 Å². The van der Waals surface area contributed by atoms with Crippen molar-refractivity contribution in [2.24, 2.45) is 11.8 Å². The van der Waals surface area contributed by atoms with Gasteiger partial charge in [-0.3, -0.25) is 4.79 Å². The highest BCUT2D eigenvalue weighted by atomic mass is 19.1. The number of aromatic nitrogens is 1. The van der Waals surface area contributed by atoms with Gasteiger partial charge in [-0.05, 0) is 30.9 Å². The lowest BCUT2D eigenvalue weighted by molar-refractivity contribution is -0.120. The molecule has 0 radical (unpaired) electrons. The molecule has 92 valence electrons. The summed E-state index contributed by atoms with van der Waals surface area (Å²) in [5, 5.41) is 2.47. The summed E-state index contributed by atoms with van der Waals surface area (Å²) < 4.78 is 25.8. The molecule has 2 atom stereocenters. The summed E-state index contributed by atoms with van der Waals surface area (Å²) in [5.74, 6) is -1.85. The van der Waals surface area contributed by atoms with Crippen LogP contribution in [0.5, 0.6) is 0 Å². The third-order valence-corrected chi connectivity index (χ3v) is 3.27. The Kier molecular flexibility index (Phi) is 3.36. The van der Waals surface area contributed by atoms with Gasteiger partial charge in [0.1, 0.15) is 0 Å². The van der Waals surface area contributed by atoms with Gasteiger partial charge in [-0.15, -0.1) is 0 Å². The molecule has 1 saturated carbocycles. The summed E-state index contributed by atoms with van der Waals surface area (Å²) in [7, 11) is 0. The zero-order valence-electron chi connectivity index (χ0n) is 9.54. The molecule has 0 aromatic carbocycles. The molecule has 2 rings (SSSR count). The van der Waals surface area contributed by atoms with Crippen molar-refractivity contribution >= 4 is 11.6 Å². The van der Waals surface area contributed by atoms with Gasteiger partial charge in [0.2, 0.25) is 17.8 Å². The fraction of sp³-hybridized carbons (Fsp3) is 0.500. The fourth-order valence-electron chi connectivity index (χ4n) is 2.27. The molecular weight excluding hydrogens is 226 g/mol. The molecule has 2 unspecified atom stereocenters. The lowest BCUT2D eigenvalue weighted by Crippen LogP contribution is -2.25. The van der Waals surface area contributed by atoms with Crippen LogP contribution < -0.4 is 5.32 Å². The van der Waals surface area contributed by atoms with Gasteiger partial charge in [0, 0.05) is 5.92 Å². The monoisotopic (exact) mass is 240 g/mol. The van der Waals surface area contributed by atoms with E-state index in [1.807, 2.05) is 6.92 Å². The van der Waals surface area contributed by atoms with Crippen molar-refractivity contribution in [2.45, 2.75) is 26.2 Å². The van der Waals surface area contributed by atoms with E-state index in [0.717, 1.165) is 25.3 Å². The number of nitrogens with one attached hydrogen (secondary N) is 1. The number of hydrogen-bond acceptors (Lipinski definition) is 2. The van der Waals surface area contributed by atoms with Crippen molar-refractivity contribution in [3.63, 3.8) is 0 Å². The standard InChI is InChI=1S/C12H14F2N2O/c1-7-3-2-4-8(7)12(17)15-9-5-6-10(13)16-11(9)14/h5-8H,2-4H2,1H3,(H,15,17). The Bertz CT molecular complexity index is 437. The van der Waals surface area contributed by atoms with Crippen molar-refractivity contribution in [3.05, 3.63) is 24.0 Å². The number of anilines is 1. The fourth-order valence-corrected chi connectivity index (χ4v) is 2.27. The Balaban J connectivity index is 2.07. The van der Waals surface area contributed by atoms with E-state index in [4.69, 9.17) is 0 Å². The molecule has 1 fully saturated rings. The summed E-state index contributed by atoms with van der Waals surface area (Å²) in [6.07, 6.45) is 2.86. The second-order valence-corrected chi connectivity index (χ2v) is 4.48. The Morgan fingerprint density at radius 1 is 1.41 bits per heavy atom. The first-order chi connectivity index (χ1) is 8.08. The molecular formula is C12H14F2N2O. The first-order valence-electron chi connectivity index (χ1n) is 5.71. The average molecular weight is 240 g/mol. The van der Waals surface area contributed by atoms with Crippen LogP contribution in [0.2, 0.25) is 0 Å². The van der Waals surface area contributed by atoms with Crippen molar-refractivity contribution in [1.82, 2.24) is 4.98 Å². The molecule has 0 spiro atoms. The third-order valence-electron chi connectivity index (χ3n) is 3.27. The number of amides is 1. The summed E-state index contributed by atoms with van der Waals surface area (Å²) in [6, 6.07) is 2.21. The number of halogens is 2. The molecule has 1 heterocycles. The van der Waals surface area contributed by atoms with Crippen molar-refractivity contribution in [1.29, 1.82) is 0 Å². The molecule has 17 heavy (non-hydrogen) atoms. The Morgan fingerprint density at radius 2 is 2.18 bits per heavy atom. The number of hydrogen-bond donors (Lipinski definition) is 1. The summed E-state index contributed by atoms with van der Waals surface area (Å²) in [6.45, 7) is 2.01. The number of rotatable bonds is 2. The molecule has 5 heteroatoms. The van der Waals surface area contributed by atoms with Crippen LogP contribution in [0.3, 0.4) is 0 Å². The third kappa shape index (κ3) is 2.60. The lowest BCUT2D eigenvalue weighted by atomic mass is 9.97. The average Bonchev–Trinajstić information content (AvgIpc) is 2.68. The van der Waals surface area contributed by atoms with Gasteiger partial charge in [0.25, 0.3) is 0 Å². The number of carbonyl (C=O) groups is 1.